The van der Waals surface area contributed by atoms with E-state index in [1.807, 2.05) is 0 Å². The van der Waals surface area contributed by atoms with E-state index in [1.165, 1.54) is 6.42 Å². The molecular formula is C14H18O2. The number of hydrogen-bond acceptors (Lipinski definition) is 2. The predicted molar refractivity (Wildman–Crippen MR) is 60.5 cm³/mol. The molecule has 0 aliphatic heterocycles. The Bertz CT molecular complexity index is 432. The zero-order valence-corrected chi connectivity index (χ0v) is 9.86. The van der Waals surface area contributed by atoms with Gasteiger partial charge in [-0.15, -0.1) is 0 Å². The fourth-order valence-corrected chi connectivity index (χ4v) is 4.48. The molecule has 4 aliphatic rings. The van der Waals surface area contributed by atoms with Crippen molar-refractivity contribution in [1.29, 1.82) is 0 Å². The summed E-state index contributed by atoms with van der Waals surface area (Å²) in [5.41, 5.74) is 6.75. The van der Waals surface area contributed by atoms with Crippen molar-refractivity contribution in [1.82, 2.24) is 0 Å². The molecule has 0 radical (unpaired) electrons. The summed E-state index contributed by atoms with van der Waals surface area (Å²) in [5.74, 6) is 4.21. The van der Waals surface area contributed by atoms with Crippen LogP contribution in [0.5, 0.6) is 0 Å². The van der Waals surface area contributed by atoms with E-state index in [9.17, 15) is 0 Å². The van der Waals surface area contributed by atoms with Gasteiger partial charge in [-0.3, -0.25) is 0 Å². The second-order valence-electron chi connectivity index (χ2n) is 5.89. The molecule has 86 valence electrons. The molecule has 0 saturated heterocycles. The number of hydrogen-bond donors (Lipinski definition) is 1. The van der Waals surface area contributed by atoms with E-state index in [2.05, 4.69) is 13.8 Å². The Kier molecular flexibility index (Phi) is 1.65. The summed E-state index contributed by atoms with van der Waals surface area (Å²) in [6, 6.07) is 0. The van der Waals surface area contributed by atoms with Crippen molar-refractivity contribution in [3.8, 4) is 0 Å². The number of ether oxygens (including phenoxy) is 1. The van der Waals surface area contributed by atoms with Gasteiger partial charge in [-0.2, -0.15) is 0 Å². The molecule has 4 rings (SSSR count). The molecule has 2 heteroatoms. The Balaban J connectivity index is 1.51. The lowest BCUT2D eigenvalue weighted by molar-refractivity contribution is -0.0240. The summed E-state index contributed by atoms with van der Waals surface area (Å²) >= 11 is 0. The van der Waals surface area contributed by atoms with Crippen molar-refractivity contribution in [3.63, 3.8) is 0 Å². The zero-order chi connectivity index (χ0) is 11.0. The summed E-state index contributed by atoms with van der Waals surface area (Å²) in [4.78, 5) is 0. The Hall–Kier alpha value is -0.600. The van der Waals surface area contributed by atoms with Crippen molar-refractivity contribution >= 4 is 0 Å². The summed E-state index contributed by atoms with van der Waals surface area (Å²) in [6.45, 7) is 5.38. The van der Waals surface area contributed by atoms with E-state index in [4.69, 9.17) is 9.84 Å². The highest BCUT2D eigenvalue weighted by atomic mass is 16.6. The summed E-state index contributed by atoms with van der Waals surface area (Å²) in [6.07, 6.45) is 1.21. The van der Waals surface area contributed by atoms with Crippen LogP contribution in [0.2, 0.25) is 0 Å². The quantitative estimate of drug-likeness (QED) is 0.735. The van der Waals surface area contributed by atoms with E-state index in [0.29, 0.717) is 12.5 Å². The molecule has 16 heavy (non-hydrogen) atoms. The molecule has 1 fully saturated rings. The first-order valence-electron chi connectivity index (χ1n) is 6.42. The molecule has 0 bridgehead atoms. The number of aliphatic hydroxyl groups is 1. The fraction of sp³-hybridized carbons (Fsp3) is 0.714. The first kappa shape index (κ1) is 9.43. The molecule has 5 atom stereocenters. The molecule has 4 aliphatic carbocycles. The van der Waals surface area contributed by atoms with Crippen LogP contribution >= 0.6 is 0 Å². The van der Waals surface area contributed by atoms with Crippen LogP contribution in [0.4, 0.5) is 0 Å². The molecule has 0 spiro atoms. The van der Waals surface area contributed by atoms with Gasteiger partial charge in [0.1, 0.15) is 6.79 Å². The van der Waals surface area contributed by atoms with Gasteiger partial charge in [-0.1, -0.05) is 13.8 Å². The highest BCUT2D eigenvalue weighted by Gasteiger charge is 2.64. The normalized spacial score (nSPS) is 47.1. The molecule has 0 amide bonds. The van der Waals surface area contributed by atoms with E-state index in [0.717, 1.165) is 23.7 Å². The van der Waals surface area contributed by atoms with Gasteiger partial charge in [-0.25, -0.2) is 0 Å². The van der Waals surface area contributed by atoms with Gasteiger partial charge in [0, 0.05) is 5.92 Å². The maximum absolute atomic E-state index is 8.67. The molecule has 0 heterocycles. The van der Waals surface area contributed by atoms with Crippen molar-refractivity contribution in [2.75, 3.05) is 13.4 Å². The monoisotopic (exact) mass is 218 g/mol. The van der Waals surface area contributed by atoms with Crippen molar-refractivity contribution in [2.24, 2.45) is 29.6 Å². The standard InChI is InChI=1S/C14H18O2/c1-6-7(2)11-10(6)13-9-3-8(4-16-5-15)12(9)14(11)13/h6-8,10-11,15H,3-5H2,1-2H3. The minimum atomic E-state index is -0.134. The van der Waals surface area contributed by atoms with Gasteiger partial charge in [-0.05, 0) is 52.4 Å². The molecule has 0 aromatic rings. The minimum absolute atomic E-state index is 0.134. The number of aliphatic hydroxyl groups excluding tert-OH is 1. The summed E-state index contributed by atoms with van der Waals surface area (Å²) < 4.78 is 5.12. The summed E-state index contributed by atoms with van der Waals surface area (Å²) in [5, 5.41) is 8.67. The van der Waals surface area contributed by atoms with Crippen LogP contribution < -0.4 is 0 Å². The maximum Gasteiger partial charge on any atom is 0.143 e. The smallest absolute Gasteiger partial charge is 0.143 e. The zero-order valence-electron chi connectivity index (χ0n) is 9.86. The van der Waals surface area contributed by atoms with Crippen LogP contribution in [0.1, 0.15) is 20.3 Å². The molecule has 0 aromatic heterocycles. The van der Waals surface area contributed by atoms with Gasteiger partial charge in [0.25, 0.3) is 0 Å². The third-order valence-corrected chi connectivity index (χ3v) is 5.52. The maximum atomic E-state index is 8.67. The lowest BCUT2D eigenvalue weighted by atomic mass is 9.36. The van der Waals surface area contributed by atoms with Crippen LogP contribution in [0, 0.1) is 29.6 Å². The Morgan fingerprint density at radius 2 is 1.81 bits per heavy atom. The number of allylic oxidation sites excluding steroid dienone is 3. The predicted octanol–water partition coefficient (Wildman–Crippen LogP) is 2.11. The highest BCUT2D eigenvalue weighted by molar-refractivity contribution is 5.74. The third kappa shape index (κ3) is 0.780. The van der Waals surface area contributed by atoms with Crippen LogP contribution in [-0.2, 0) is 4.74 Å². The van der Waals surface area contributed by atoms with E-state index in [1.54, 1.807) is 22.3 Å². The summed E-state index contributed by atoms with van der Waals surface area (Å²) in [7, 11) is 0. The average Bonchev–Trinajstić information content (AvgIpc) is 2.25. The van der Waals surface area contributed by atoms with Crippen molar-refractivity contribution in [3.05, 3.63) is 22.3 Å². The Morgan fingerprint density at radius 1 is 1.12 bits per heavy atom. The molecule has 2 nitrogen and oxygen atoms in total. The first-order chi connectivity index (χ1) is 7.75. The average molecular weight is 218 g/mol. The third-order valence-electron chi connectivity index (χ3n) is 5.52. The first-order valence-corrected chi connectivity index (χ1v) is 6.42. The highest BCUT2D eigenvalue weighted by Crippen LogP contribution is 2.74. The topological polar surface area (TPSA) is 29.5 Å². The molecule has 1 N–H and O–H groups in total. The molecule has 1 saturated carbocycles. The van der Waals surface area contributed by atoms with Gasteiger partial charge in [0.2, 0.25) is 0 Å². The lowest BCUT2D eigenvalue weighted by Gasteiger charge is -2.68. The Labute approximate surface area is 96.0 Å². The SMILES string of the molecule is CC1C(C)C2C3=C(C4=C3C(COCO)C4)C12. The van der Waals surface area contributed by atoms with Gasteiger partial charge in [0.15, 0.2) is 0 Å². The fourth-order valence-electron chi connectivity index (χ4n) is 4.48. The minimum Gasteiger partial charge on any atom is -0.371 e. The van der Waals surface area contributed by atoms with E-state index in [-0.39, 0.29) is 6.79 Å². The molecular weight excluding hydrogens is 200 g/mol. The van der Waals surface area contributed by atoms with Gasteiger partial charge >= 0.3 is 0 Å². The van der Waals surface area contributed by atoms with E-state index >= 15 is 0 Å². The van der Waals surface area contributed by atoms with Crippen molar-refractivity contribution in [2.45, 2.75) is 20.3 Å². The number of fused-ring (bicyclic) bond motifs is 5. The molecule has 0 aromatic carbocycles. The van der Waals surface area contributed by atoms with Crippen LogP contribution in [-0.4, -0.2) is 18.5 Å². The van der Waals surface area contributed by atoms with Crippen LogP contribution in [0.25, 0.3) is 0 Å². The van der Waals surface area contributed by atoms with Crippen LogP contribution in [0.15, 0.2) is 22.3 Å². The number of rotatable bonds is 3. The van der Waals surface area contributed by atoms with Crippen molar-refractivity contribution < 1.29 is 9.84 Å². The van der Waals surface area contributed by atoms with Crippen LogP contribution in [0.3, 0.4) is 0 Å². The van der Waals surface area contributed by atoms with Gasteiger partial charge in [0.05, 0.1) is 6.61 Å². The molecule has 5 unspecified atom stereocenters. The van der Waals surface area contributed by atoms with E-state index < -0.39 is 0 Å². The second kappa shape index (κ2) is 2.80. The second-order valence-corrected chi connectivity index (χ2v) is 5.89. The van der Waals surface area contributed by atoms with Gasteiger partial charge < -0.3 is 9.84 Å². The largest absolute Gasteiger partial charge is 0.371 e. The Morgan fingerprint density at radius 3 is 2.50 bits per heavy atom. The lowest BCUT2D eigenvalue weighted by Crippen LogP contribution is -2.59.